The molecule has 0 fully saturated rings. The fourth-order valence-corrected chi connectivity index (χ4v) is 2.57. The van der Waals surface area contributed by atoms with Gasteiger partial charge in [0, 0.05) is 6.54 Å². The molecule has 3 nitrogen and oxygen atoms in total. The predicted octanol–water partition coefficient (Wildman–Crippen LogP) is 2.68. The summed E-state index contributed by atoms with van der Waals surface area (Å²) in [5, 5.41) is 3.72. The fraction of sp³-hybridized carbons (Fsp3) is 0.500. The maximum Gasteiger partial charge on any atom is 0.229 e. The molecule has 0 aliphatic heterocycles. The van der Waals surface area contributed by atoms with E-state index in [2.05, 4.69) is 21.2 Å². The van der Waals surface area contributed by atoms with E-state index in [0.717, 1.165) is 8.79 Å². The number of hydrogen-bond donors (Lipinski definition) is 2. The minimum atomic E-state index is -0.120. The Hall–Kier alpha value is -0.390. The number of nitrogens with one attached hydrogen (secondary N) is 1. The van der Waals surface area contributed by atoms with Crippen LogP contribution >= 0.6 is 27.3 Å². The Morgan fingerprint density at radius 2 is 2.27 bits per heavy atom. The molecule has 5 heteroatoms. The van der Waals surface area contributed by atoms with Crippen LogP contribution in [-0.2, 0) is 4.79 Å². The molecule has 0 saturated heterocycles. The van der Waals surface area contributed by atoms with E-state index in [-0.39, 0.29) is 17.7 Å². The molecule has 1 heterocycles. The molecule has 3 N–H and O–H groups in total. The zero-order valence-electron chi connectivity index (χ0n) is 8.79. The first-order chi connectivity index (χ1) is 7.04. The van der Waals surface area contributed by atoms with Crippen LogP contribution in [0.5, 0.6) is 0 Å². The second-order valence-electron chi connectivity index (χ2n) is 3.68. The lowest BCUT2D eigenvalue weighted by Gasteiger charge is -2.17. The number of amides is 1. The standard InChI is InChI=1S/C10H15BrN2OS/c1-6(2)7(5-12)10(14)13-9-4-3-8(11)15-9/h3-4,6-7H,5,12H2,1-2H3,(H,13,14). The second kappa shape index (κ2) is 5.63. The first-order valence-electron chi connectivity index (χ1n) is 4.81. The van der Waals surface area contributed by atoms with E-state index in [9.17, 15) is 4.79 Å². The fourth-order valence-electron chi connectivity index (χ4n) is 1.28. The van der Waals surface area contributed by atoms with Crippen molar-refractivity contribution in [2.24, 2.45) is 17.6 Å². The van der Waals surface area contributed by atoms with Gasteiger partial charge in [-0.15, -0.1) is 11.3 Å². The molecule has 0 aliphatic rings. The van der Waals surface area contributed by atoms with Crippen molar-refractivity contribution in [2.75, 3.05) is 11.9 Å². The van der Waals surface area contributed by atoms with Gasteiger partial charge in [0.25, 0.3) is 0 Å². The monoisotopic (exact) mass is 290 g/mol. The normalized spacial score (nSPS) is 12.9. The Morgan fingerprint density at radius 3 is 2.67 bits per heavy atom. The van der Waals surface area contributed by atoms with Crippen molar-refractivity contribution in [2.45, 2.75) is 13.8 Å². The van der Waals surface area contributed by atoms with E-state index in [4.69, 9.17) is 5.73 Å². The van der Waals surface area contributed by atoms with Crippen LogP contribution in [0.25, 0.3) is 0 Å². The highest BCUT2D eigenvalue weighted by Gasteiger charge is 2.20. The number of thiophene rings is 1. The SMILES string of the molecule is CC(C)C(CN)C(=O)Nc1ccc(Br)s1. The van der Waals surface area contributed by atoms with Crippen LogP contribution in [0.4, 0.5) is 5.00 Å². The molecule has 0 spiro atoms. The van der Waals surface area contributed by atoms with Crippen LogP contribution in [0, 0.1) is 11.8 Å². The topological polar surface area (TPSA) is 55.1 Å². The molecule has 0 radical (unpaired) electrons. The first kappa shape index (κ1) is 12.7. The third kappa shape index (κ3) is 3.59. The molecule has 84 valence electrons. The Labute approximate surface area is 102 Å². The van der Waals surface area contributed by atoms with Crippen molar-refractivity contribution in [3.63, 3.8) is 0 Å². The van der Waals surface area contributed by atoms with E-state index >= 15 is 0 Å². The molecule has 0 aliphatic carbocycles. The molecule has 1 aromatic rings. The van der Waals surface area contributed by atoms with Gasteiger partial charge in [-0.25, -0.2) is 0 Å². The van der Waals surface area contributed by atoms with Crippen LogP contribution in [0.3, 0.4) is 0 Å². The average molecular weight is 291 g/mol. The van der Waals surface area contributed by atoms with Gasteiger partial charge in [-0.05, 0) is 34.0 Å². The lowest BCUT2D eigenvalue weighted by molar-refractivity contribution is -0.120. The molecule has 1 aromatic heterocycles. The molecular weight excluding hydrogens is 276 g/mol. The van der Waals surface area contributed by atoms with Gasteiger partial charge < -0.3 is 11.1 Å². The summed E-state index contributed by atoms with van der Waals surface area (Å²) >= 11 is 4.85. The first-order valence-corrected chi connectivity index (χ1v) is 6.41. The maximum atomic E-state index is 11.8. The molecule has 1 rings (SSSR count). The third-order valence-electron chi connectivity index (χ3n) is 2.22. The van der Waals surface area contributed by atoms with Gasteiger partial charge in [-0.3, -0.25) is 4.79 Å². The van der Waals surface area contributed by atoms with Crippen molar-refractivity contribution in [1.82, 2.24) is 0 Å². The summed E-state index contributed by atoms with van der Waals surface area (Å²) in [6, 6.07) is 3.79. The number of carbonyl (C=O) groups is 1. The summed E-state index contributed by atoms with van der Waals surface area (Å²) in [5.74, 6) is 0.145. The maximum absolute atomic E-state index is 11.8. The summed E-state index contributed by atoms with van der Waals surface area (Å²) < 4.78 is 1.01. The summed E-state index contributed by atoms with van der Waals surface area (Å²) in [7, 11) is 0. The van der Waals surface area contributed by atoms with E-state index in [1.54, 1.807) is 0 Å². The largest absolute Gasteiger partial charge is 0.330 e. The van der Waals surface area contributed by atoms with Gasteiger partial charge in [0.05, 0.1) is 14.7 Å². The van der Waals surface area contributed by atoms with E-state index < -0.39 is 0 Å². The minimum Gasteiger partial charge on any atom is -0.330 e. The van der Waals surface area contributed by atoms with Crippen molar-refractivity contribution in [3.05, 3.63) is 15.9 Å². The van der Waals surface area contributed by atoms with Crippen molar-refractivity contribution in [1.29, 1.82) is 0 Å². The summed E-state index contributed by atoms with van der Waals surface area (Å²) in [4.78, 5) is 11.8. The predicted molar refractivity (Wildman–Crippen MR) is 68.0 cm³/mol. The molecule has 1 amide bonds. The van der Waals surface area contributed by atoms with Crippen LogP contribution in [0.2, 0.25) is 0 Å². The van der Waals surface area contributed by atoms with Gasteiger partial charge >= 0.3 is 0 Å². The van der Waals surface area contributed by atoms with Crippen LogP contribution < -0.4 is 11.1 Å². The molecule has 1 unspecified atom stereocenters. The summed E-state index contributed by atoms with van der Waals surface area (Å²) in [6.45, 7) is 4.39. The minimum absolute atomic E-state index is 0.00171. The van der Waals surface area contributed by atoms with Crippen LogP contribution in [0.15, 0.2) is 15.9 Å². The Kier molecular flexibility index (Phi) is 4.76. The molecule has 15 heavy (non-hydrogen) atoms. The highest BCUT2D eigenvalue weighted by molar-refractivity contribution is 9.11. The number of halogens is 1. The summed E-state index contributed by atoms with van der Waals surface area (Å²) in [5.41, 5.74) is 5.57. The zero-order chi connectivity index (χ0) is 11.4. The van der Waals surface area contributed by atoms with Gasteiger partial charge in [0.2, 0.25) is 5.91 Å². The van der Waals surface area contributed by atoms with Crippen LogP contribution in [-0.4, -0.2) is 12.5 Å². The zero-order valence-corrected chi connectivity index (χ0v) is 11.2. The third-order valence-corrected chi connectivity index (χ3v) is 3.75. The molecule has 0 aromatic carbocycles. The number of carbonyl (C=O) groups excluding carboxylic acids is 1. The highest BCUT2D eigenvalue weighted by atomic mass is 79.9. The van der Waals surface area contributed by atoms with Gasteiger partial charge in [0.15, 0.2) is 0 Å². The van der Waals surface area contributed by atoms with E-state index in [0.29, 0.717) is 6.54 Å². The number of hydrogen-bond acceptors (Lipinski definition) is 3. The van der Waals surface area contributed by atoms with Crippen molar-refractivity contribution in [3.8, 4) is 0 Å². The molecule has 1 atom stereocenters. The number of nitrogens with two attached hydrogens (primary N) is 1. The van der Waals surface area contributed by atoms with Crippen molar-refractivity contribution < 1.29 is 4.79 Å². The van der Waals surface area contributed by atoms with Gasteiger partial charge in [-0.1, -0.05) is 13.8 Å². The van der Waals surface area contributed by atoms with Gasteiger partial charge in [0.1, 0.15) is 0 Å². The lowest BCUT2D eigenvalue weighted by atomic mass is 9.95. The molecule has 0 bridgehead atoms. The van der Waals surface area contributed by atoms with Gasteiger partial charge in [-0.2, -0.15) is 0 Å². The lowest BCUT2D eigenvalue weighted by Crippen LogP contribution is -2.32. The highest BCUT2D eigenvalue weighted by Crippen LogP contribution is 2.27. The Morgan fingerprint density at radius 1 is 1.60 bits per heavy atom. The van der Waals surface area contributed by atoms with E-state index in [1.807, 2.05) is 26.0 Å². The Balaban J connectivity index is 2.62. The average Bonchev–Trinajstić information content (AvgIpc) is 2.51. The smallest absolute Gasteiger partial charge is 0.229 e. The Bertz CT molecular complexity index is 338. The molecular formula is C10H15BrN2OS. The second-order valence-corrected chi connectivity index (χ2v) is 6.14. The number of anilines is 1. The van der Waals surface area contributed by atoms with Crippen LogP contribution in [0.1, 0.15) is 13.8 Å². The number of rotatable bonds is 4. The summed E-state index contributed by atoms with van der Waals surface area (Å²) in [6.07, 6.45) is 0. The van der Waals surface area contributed by atoms with E-state index in [1.165, 1.54) is 11.3 Å². The molecule has 0 saturated carbocycles. The van der Waals surface area contributed by atoms with Crippen molar-refractivity contribution >= 4 is 38.2 Å². The quantitative estimate of drug-likeness (QED) is 0.896.